The fourth-order valence-corrected chi connectivity index (χ4v) is 1.35. The minimum atomic E-state index is -3.93. The van der Waals surface area contributed by atoms with Crippen LogP contribution in [0.1, 0.15) is 13.8 Å². The van der Waals surface area contributed by atoms with E-state index in [-0.39, 0.29) is 13.2 Å². The Morgan fingerprint density at radius 3 is 2.57 bits per heavy atom. The second-order valence-corrected chi connectivity index (χ2v) is 4.02. The first kappa shape index (κ1) is 13.1. The highest BCUT2D eigenvalue weighted by molar-refractivity contribution is 7.88. The summed E-state index contributed by atoms with van der Waals surface area (Å²) in [4.78, 5) is 10.7. The van der Waals surface area contributed by atoms with Crippen LogP contribution in [0.5, 0.6) is 0 Å². The Balaban J connectivity index is 4.01. The van der Waals surface area contributed by atoms with Crippen molar-refractivity contribution in [2.24, 2.45) is 0 Å². The molecule has 14 heavy (non-hydrogen) atoms. The topological polar surface area (TPSA) is 105 Å². The quantitative estimate of drug-likeness (QED) is 0.554. The molecular formula is C6H14N2O5S. The fraction of sp³-hybridized carbons (Fsp3) is 0.833. The lowest BCUT2D eigenvalue weighted by Crippen LogP contribution is -2.42. The second kappa shape index (κ2) is 5.78. The van der Waals surface area contributed by atoms with Gasteiger partial charge in [0.1, 0.15) is 0 Å². The van der Waals surface area contributed by atoms with Gasteiger partial charge in [0.25, 0.3) is 0 Å². The van der Waals surface area contributed by atoms with Gasteiger partial charge in [0.15, 0.2) is 0 Å². The van der Waals surface area contributed by atoms with E-state index >= 15 is 0 Å². The summed E-state index contributed by atoms with van der Waals surface area (Å²) in [5, 5.41) is 8.78. The third kappa shape index (κ3) is 6.63. The van der Waals surface area contributed by atoms with Crippen molar-refractivity contribution < 1.29 is 23.1 Å². The lowest BCUT2D eigenvalue weighted by atomic mass is 10.4. The predicted octanol–water partition coefficient (Wildman–Crippen LogP) is -1.05. The minimum absolute atomic E-state index is 0.0811. The number of hydrogen-bond acceptors (Lipinski definition) is 5. The summed E-state index contributed by atoms with van der Waals surface area (Å²) in [7, 11) is -3.93. The average molecular weight is 226 g/mol. The average Bonchev–Trinajstić information content (AvgIpc) is 2.00. The highest BCUT2D eigenvalue weighted by Gasteiger charge is 2.14. The molecule has 3 N–H and O–H groups in total. The molecule has 1 atom stereocenters. The Morgan fingerprint density at radius 1 is 1.57 bits per heavy atom. The zero-order chi connectivity index (χ0) is 11.2. The van der Waals surface area contributed by atoms with E-state index in [1.165, 1.54) is 6.92 Å². The van der Waals surface area contributed by atoms with Crippen LogP contribution < -0.4 is 9.44 Å². The van der Waals surface area contributed by atoms with Crippen LogP contribution in [0, 0.1) is 0 Å². The van der Waals surface area contributed by atoms with Crippen LogP contribution in [-0.2, 0) is 14.9 Å². The summed E-state index contributed by atoms with van der Waals surface area (Å²) in [6, 6.07) is 0. The largest absolute Gasteiger partial charge is 0.449 e. The summed E-state index contributed by atoms with van der Waals surface area (Å²) < 4.78 is 29.9. The molecule has 0 unspecified atom stereocenters. The van der Waals surface area contributed by atoms with Gasteiger partial charge in [-0.05, 0) is 13.8 Å². The lowest BCUT2D eigenvalue weighted by Gasteiger charge is -2.08. The molecule has 0 aliphatic rings. The first-order valence-electron chi connectivity index (χ1n) is 3.99. The molecule has 0 aliphatic carbocycles. The van der Waals surface area contributed by atoms with Crippen LogP contribution in [0.2, 0.25) is 0 Å². The van der Waals surface area contributed by atoms with Crippen molar-refractivity contribution in [3.63, 3.8) is 0 Å². The first-order chi connectivity index (χ1) is 6.37. The Hall–Kier alpha value is -0.860. The molecule has 0 rings (SSSR count). The van der Waals surface area contributed by atoms with Gasteiger partial charge < -0.3 is 9.84 Å². The Labute approximate surface area is 82.6 Å². The van der Waals surface area contributed by atoms with Gasteiger partial charge in [0.05, 0.1) is 12.7 Å². The van der Waals surface area contributed by atoms with E-state index in [4.69, 9.17) is 5.11 Å². The van der Waals surface area contributed by atoms with Crippen molar-refractivity contribution in [1.29, 1.82) is 0 Å². The van der Waals surface area contributed by atoms with E-state index in [1.54, 1.807) is 11.6 Å². The van der Waals surface area contributed by atoms with Gasteiger partial charge in [-0.1, -0.05) is 0 Å². The van der Waals surface area contributed by atoms with Crippen molar-refractivity contribution in [3.05, 3.63) is 0 Å². The van der Waals surface area contributed by atoms with Crippen LogP contribution in [0.3, 0.4) is 0 Å². The van der Waals surface area contributed by atoms with Gasteiger partial charge in [-0.2, -0.15) is 13.1 Å². The number of amides is 1. The molecule has 0 spiro atoms. The molecule has 0 fully saturated rings. The highest BCUT2D eigenvalue weighted by Crippen LogP contribution is 1.83. The van der Waals surface area contributed by atoms with Crippen molar-refractivity contribution in [1.82, 2.24) is 9.44 Å². The fourth-order valence-electron chi connectivity index (χ4n) is 0.537. The number of carbonyl (C=O) groups is 1. The molecule has 84 valence electrons. The normalized spacial score (nSPS) is 13.4. The van der Waals surface area contributed by atoms with Crippen LogP contribution in [-0.4, -0.2) is 38.9 Å². The van der Waals surface area contributed by atoms with Gasteiger partial charge in [-0.25, -0.2) is 9.52 Å². The van der Waals surface area contributed by atoms with Crippen LogP contribution in [0.4, 0.5) is 4.79 Å². The smallest absolute Gasteiger partial charge is 0.421 e. The van der Waals surface area contributed by atoms with Crippen molar-refractivity contribution in [2.75, 3.05) is 13.2 Å². The lowest BCUT2D eigenvalue weighted by molar-refractivity contribution is 0.158. The van der Waals surface area contributed by atoms with E-state index in [9.17, 15) is 13.2 Å². The summed E-state index contributed by atoms with van der Waals surface area (Å²) in [6.07, 6.45) is -1.88. The van der Waals surface area contributed by atoms with Crippen LogP contribution in [0.15, 0.2) is 0 Å². The van der Waals surface area contributed by atoms with E-state index in [2.05, 4.69) is 4.74 Å². The molecule has 0 saturated carbocycles. The number of ether oxygens (including phenoxy) is 1. The zero-order valence-corrected chi connectivity index (χ0v) is 8.80. The van der Waals surface area contributed by atoms with Gasteiger partial charge in [0.2, 0.25) is 0 Å². The molecule has 0 bridgehead atoms. The van der Waals surface area contributed by atoms with Crippen molar-refractivity contribution in [2.45, 2.75) is 20.0 Å². The maximum atomic E-state index is 11.0. The maximum Gasteiger partial charge on any atom is 0.421 e. The Bertz CT molecular complexity index is 274. The van der Waals surface area contributed by atoms with Gasteiger partial charge >= 0.3 is 16.3 Å². The molecule has 0 heterocycles. The number of nitrogens with one attached hydrogen (secondary N) is 2. The van der Waals surface area contributed by atoms with Gasteiger partial charge in [0, 0.05) is 6.54 Å². The molecule has 8 heteroatoms. The molecule has 0 aliphatic heterocycles. The van der Waals surface area contributed by atoms with E-state index in [0.717, 1.165) is 0 Å². The molecule has 1 amide bonds. The van der Waals surface area contributed by atoms with E-state index in [1.807, 2.05) is 4.72 Å². The summed E-state index contributed by atoms with van der Waals surface area (Å²) in [5.74, 6) is 0. The monoisotopic (exact) mass is 226 g/mol. The molecule has 0 radical (unpaired) electrons. The third-order valence-corrected chi connectivity index (χ3v) is 2.04. The number of aliphatic hydroxyl groups is 1. The predicted molar refractivity (Wildman–Crippen MR) is 48.8 cm³/mol. The van der Waals surface area contributed by atoms with E-state index in [0.29, 0.717) is 0 Å². The Kier molecular flexibility index (Phi) is 5.43. The van der Waals surface area contributed by atoms with Crippen LogP contribution in [0.25, 0.3) is 0 Å². The summed E-state index contributed by atoms with van der Waals surface area (Å²) in [6.45, 7) is 2.87. The number of rotatable bonds is 5. The SMILES string of the molecule is CCOC(=O)NS(=O)(=O)NC[C@@H](C)O. The molecule has 0 aromatic heterocycles. The third-order valence-electron chi connectivity index (χ3n) is 1.06. The molecule has 0 saturated heterocycles. The van der Waals surface area contributed by atoms with Gasteiger partial charge in [-0.3, -0.25) is 0 Å². The second-order valence-electron chi connectivity index (χ2n) is 2.52. The molecule has 7 nitrogen and oxygen atoms in total. The highest BCUT2D eigenvalue weighted by atomic mass is 32.2. The van der Waals surface area contributed by atoms with Crippen molar-refractivity contribution >= 4 is 16.3 Å². The van der Waals surface area contributed by atoms with Gasteiger partial charge in [-0.15, -0.1) is 0 Å². The standard InChI is InChI=1S/C6H14N2O5S/c1-3-13-6(10)8-14(11,12)7-4-5(2)9/h5,7,9H,3-4H2,1-2H3,(H,8,10)/t5-/m1/s1. The number of carbonyl (C=O) groups excluding carboxylic acids is 1. The molecular weight excluding hydrogens is 212 g/mol. The minimum Gasteiger partial charge on any atom is -0.449 e. The van der Waals surface area contributed by atoms with Crippen LogP contribution >= 0.6 is 0 Å². The summed E-state index contributed by atoms with van der Waals surface area (Å²) >= 11 is 0. The van der Waals surface area contributed by atoms with E-state index < -0.39 is 22.4 Å². The zero-order valence-electron chi connectivity index (χ0n) is 7.98. The molecule has 0 aromatic rings. The van der Waals surface area contributed by atoms with Crippen molar-refractivity contribution in [3.8, 4) is 0 Å². The Morgan fingerprint density at radius 2 is 2.14 bits per heavy atom. The molecule has 0 aromatic carbocycles. The maximum absolute atomic E-state index is 11.0. The number of aliphatic hydroxyl groups excluding tert-OH is 1. The first-order valence-corrected chi connectivity index (χ1v) is 5.48. The summed E-state index contributed by atoms with van der Waals surface area (Å²) in [5.41, 5.74) is 0. The number of hydrogen-bond donors (Lipinski definition) is 3.